The maximum absolute atomic E-state index is 9.09. The first-order valence-electron chi connectivity index (χ1n) is 2.04. The minimum atomic E-state index is -0.639. The largest absolute Gasteiger partial charge is 0.361 e. The van der Waals surface area contributed by atoms with E-state index in [1.165, 1.54) is 0 Å². The highest BCUT2D eigenvalue weighted by Gasteiger charge is 1.63. The average Bonchev–Trinajstić information content (AvgIpc) is 2.11. The summed E-state index contributed by atoms with van der Waals surface area (Å²) >= 11 is 4.71. The van der Waals surface area contributed by atoms with Gasteiger partial charge in [-0.05, 0) is 0 Å². The fourth-order valence-electron chi connectivity index (χ4n) is 0.176. The molecule has 3 nitrogen and oxygen atoms in total. The third-order valence-electron chi connectivity index (χ3n) is 0.347. The third-order valence-corrected chi connectivity index (χ3v) is 0.869. The lowest BCUT2D eigenvalue weighted by molar-refractivity contribution is 0.267. The second-order valence-corrected chi connectivity index (χ2v) is 2.21. The zero-order valence-corrected chi connectivity index (χ0v) is 6.23. The first-order chi connectivity index (χ1) is 4.23. The summed E-state index contributed by atoms with van der Waals surface area (Å²) in [5.41, 5.74) is 6.13. The summed E-state index contributed by atoms with van der Waals surface area (Å²) in [7, 11) is 0. The van der Waals surface area contributed by atoms with Crippen LogP contribution in [-0.4, -0.2) is 10.2 Å². The van der Waals surface area contributed by atoms with E-state index in [4.69, 9.17) is 4.79 Å². The van der Waals surface area contributed by atoms with E-state index in [2.05, 4.69) is 23.3 Å². The molecule has 0 aliphatic rings. The van der Waals surface area contributed by atoms with Crippen molar-refractivity contribution in [3.8, 4) is 0 Å². The van der Waals surface area contributed by atoms with Crippen LogP contribution in [0.5, 0.6) is 0 Å². The summed E-state index contributed by atoms with van der Waals surface area (Å²) < 4.78 is 0. The van der Waals surface area contributed by atoms with E-state index in [9.17, 15) is 0 Å². The topological polar surface area (TPSA) is 56.0 Å². The van der Waals surface area contributed by atoms with Crippen LogP contribution < -0.4 is 5.73 Å². The Morgan fingerprint density at radius 1 is 1.78 bits per heavy atom. The fraction of sp³-hybridized carbons (Fsp3) is 0. The summed E-state index contributed by atoms with van der Waals surface area (Å²) in [6, 6.07) is 0. The molecule has 1 heterocycles. The van der Waals surface area contributed by atoms with E-state index in [0.29, 0.717) is 0 Å². The number of amides is 1. The predicted molar refractivity (Wildman–Crippen MR) is 40.7 cm³/mol. The number of thiol groups is 1. The molecule has 1 rings (SSSR count). The van der Waals surface area contributed by atoms with Gasteiger partial charge in [0.2, 0.25) is 0 Å². The molecular weight excluding hydrogens is 156 g/mol. The summed E-state index contributed by atoms with van der Waals surface area (Å²) in [6.07, 6.45) is 1.77. The number of nitrogens with zero attached hydrogens (tertiary/aromatic N) is 1. The number of hydrogen-bond acceptors (Lipinski definition) is 3. The molecule has 0 aliphatic carbocycles. The predicted octanol–water partition coefficient (Wildman–Crippen LogP) is 1.14. The molecule has 1 amide bonds. The highest BCUT2D eigenvalue weighted by atomic mass is 32.1. The van der Waals surface area contributed by atoms with Gasteiger partial charge >= 0.3 is 0 Å². The van der Waals surface area contributed by atoms with Gasteiger partial charge in [0.1, 0.15) is 0 Å². The summed E-state index contributed by atoms with van der Waals surface area (Å²) in [5, 5.41) is 1.29. The third kappa shape index (κ3) is 11.2. The second-order valence-electron chi connectivity index (χ2n) is 1.01. The molecule has 50 valence electrons. The van der Waals surface area contributed by atoms with Crippen molar-refractivity contribution in [1.29, 1.82) is 0 Å². The summed E-state index contributed by atoms with van der Waals surface area (Å²) in [4.78, 5) is 12.8. The number of primary amides is 1. The van der Waals surface area contributed by atoms with E-state index in [-0.39, 0.29) is 0 Å². The van der Waals surface area contributed by atoms with E-state index in [0.717, 1.165) is 0 Å². The van der Waals surface area contributed by atoms with Gasteiger partial charge in [0.15, 0.2) is 0 Å². The summed E-state index contributed by atoms with van der Waals surface area (Å²) in [5.74, 6) is 0. The lowest BCUT2D eigenvalue weighted by Crippen LogP contribution is -1.95. The van der Waals surface area contributed by atoms with Gasteiger partial charge in [0.05, 0.1) is 5.51 Å². The van der Waals surface area contributed by atoms with Gasteiger partial charge in [0.25, 0.3) is 5.24 Å². The number of thiazole rings is 1. The quantitative estimate of drug-likeness (QED) is 0.562. The first-order valence-corrected chi connectivity index (χ1v) is 3.43. The average molecular weight is 162 g/mol. The highest BCUT2D eigenvalue weighted by molar-refractivity contribution is 7.96. The van der Waals surface area contributed by atoms with Crippen LogP contribution in [0.2, 0.25) is 0 Å². The normalized spacial score (nSPS) is 7.22. The van der Waals surface area contributed by atoms with Gasteiger partial charge in [-0.15, -0.1) is 11.3 Å². The maximum atomic E-state index is 9.09. The minimum Gasteiger partial charge on any atom is -0.361 e. The molecule has 0 atom stereocenters. The van der Waals surface area contributed by atoms with Crippen LogP contribution in [0.25, 0.3) is 0 Å². The van der Waals surface area contributed by atoms with Crippen molar-refractivity contribution in [1.82, 2.24) is 4.98 Å². The molecule has 1 aromatic rings. The molecule has 1 aromatic heterocycles. The Kier molecular flexibility index (Phi) is 5.24. The number of nitrogens with two attached hydrogens (primary N) is 1. The number of carbonyl (C=O) groups is 1. The minimum absolute atomic E-state index is 0.639. The SMILES string of the molecule is NC(=O)S.c1cscn1. The lowest BCUT2D eigenvalue weighted by atomic mass is 11.0. The molecule has 0 aromatic carbocycles. The Hall–Kier alpha value is -0.550. The molecule has 0 fully saturated rings. The number of hydrogen-bond donors (Lipinski definition) is 2. The number of rotatable bonds is 0. The first kappa shape index (κ1) is 8.45. The Morgan fingerprint density at radius 3 is 2.44 bits per heavy atom. The van der Waals surface area contributed by atoms with Crippen molar-refractivity contribution in [3.05, 3.63) is 17.1 Å². The van der Waals surface area contributed by atoms with Gasteiger partial charge in [-0.3, -0.25) is 9.78 Å². The molecule has 2 N–H and O–H groups in total. The molecule has 0 radical (unpaired) electrons. The van der Waals surface area contributed by atoms with Crippen molar-refractivity contribution in [2.75, 3.05) is 0 Å². The summed E-state index contributed by atoms with van der Waals surface area (Å²) in [6.45, 7) is 0. The molecule has 0 bridgehead atoms. The maximum Gasteiger partial charge on any atom is 0.273 e. The fourth-order valence-corrected chi connectivity index (χ4v) is 0.527. The van der Waals surface area contributed by atoms with Crippen LogP contribution in [0, 0.1) is 0 Å². The number of aromatic nitrogens is 1. The molecule has 5 heteroatoms. The van der Waals surface area contributed by atoms with Crippen LogP contribution in [-0.2, 0) is 0 Å². The van der Waals surface area contributed by atoms with Crippen molar-refractivity contribution >= 4 is 29.2 Å². The van der Waals surface area contributed by atoms with Gasteiger partial charge in [-0.1, -0.05) is 12.6 Å². The van der Waals surface area contributed by atoms with E-state index >= 15 is 0 Å². The van der Waals surface area contributed by atoms with Crippen molar-refractivity contribution in [2.45, 2.75) is 0 Å². The highest BCUT2D eigenvalue weighted by Crippen LogP contribution is 1.85. The van der Waals surface area contributed by atoms with Crippen LogP contribution in [0.1, 0.15) is 0 Å². The van der Waals surface area contributed by atoms with Crippen LogP contribution in [0.3, 0.4) is 0 Å². The molecule has 0 unspecified atom stereocenters. The van der Waals surface area contributed by atoms with E-state index < -0.39 is 5.24 Å². The van der Waals surface area contributed by atoms with Gasteiger partial charge in [0, 0.05) is 11.6 Å². The Labute approximate surface area is 62.3 Å². The smallest absolute Gasteiger partial charge is 0.273 e. The molecule has 0 saturated carbocycles. The standard InChI is InChI=1S/C3H3NS.CH3NOS/c1-2-5-3-4-1;2-1(3)4/h1-3H;(H3,2,3,4). The Morgan fingerprint density at radius 2 is 2.33 bits per heavy atom. The molecule has 0 aliphatic heterocycles. The van der Waals surface area contributed by atoms with Crippen molar-refractivity contribution in [3.63, 3.8) is 0 Å². The molecule has 0 spiro atoms. The molecular formula is C4H6N2OS2. The van der Waals surface area contributed by atoms with E-state index in [1.807, 2.05) is 5.38 Å². The van der Waals surface area contributed by atoms with Gasteiger partial charge in [-0.25, -0.2) is 0 Å². The van der Waals surface area contributed by atoms with Crippen LogP contribution >= 0.6 is 24.0 Å². The van der Waals surface area contributed by atoms with Gasteiger partial charge in [-0.2, -0.15) is 0 Å². The monoisotopic (exact) mass is 162 g/mol. The van der Waals surface area contributed by atoms with E-state index in [1.54, 1.807) is 23.0 Å². The second kappa shape index (κ2) is 5.58. The Balaban J connectivity index is 0.000000148. The van der Waals surface area contributed by atoms with Crippen LogP contribution in [0.4, 0.5) is 4.79 Å². The van der Waals surface area contributed by atoms with Crippen LogP contribution in [0.15, 0.2) is 17.1 Å². The number of carbonyl (C=O) groups excluding carboxylic acids is 1. The molecule has 9 heavy (non-hydrogen) atoms. The Bertz CT molecular complexity index is 130. The van der Waals surface area contributed by atoms with Crippen molar-refractivity contribution in [2.24, 2.45) is 5.73 Å². The van der Waals surface area contributed by atoms with Gasteiger partial charge < -0.3 is 5.73 Å². The zero-order chi connectivity index (χ0) is 7.11. The van der Waals surface area contributed by atoms with Crippen molar-refractivity contribution < 1.29 is 4.79 Å². The lowest BCUT2D eigenvalue weighted by Gasteiger charge is -1.58. The molecule has 0 saturated heterocycles. The zero-order valence-electron chi connectivity index (χ0n) is 4.52.